The highest BCUT2D eigenvalue weighted by Crippen LogP contribution is 2.17. The molecule has 2 rings (SSSR count). The van der Waals surface area contributed by atoms with E-state index in [9.17, 15) is 0 Å². The van der Waals surface area contributed by atoms with Crippen molar-refractivity contribution < 1.29 is 4.74 Å². The van der Waals surface area contributed by atoms with Crippen LogP contribution in [0.15, 0.2) is 48.5 Å². The quantitative estimate of drug-likeness (QED) is 0.905. The Morgan fingerprint density at radius 2 is 1.67 bits per heavy atom. The maximum Gasteiger partial charge on any atom is 0.119 e. The second kappa shape index (κ2) is 5.89. The van der Waals surface area contributed by atoms with Gasteiger partial charge in [0.1, 0.15) is 12.4 Å². The summed E-state index contributed by atoms with van der Waals surface area (Å²) in [6, 6.07) is 15.5. The molecule has 0 spiro atoms. The molecule has 0 saturated carbocycles. The molecule has 1 atom stereocenters. The molecular weight excluding hydrogens is 246 g/mol. The number of rotatable bonds is 4. The molecule has 3 heteroatoms. The predicted octanol–water partition coefficient (Wildman–Crippen LogP) is 3.94. The van der Waals surface area contributed by atoms with Gasteiger partial charge in [-0.3, -0.25) is 0 Å². The van der Waals surface area contributed by atoms with Gasteiger partial charge in [-0.05, 0) is 42.3 Å². The first kappa shape index (κ1) is 12.9. The molecule has 2 aromatic carbocycles. The summed E-state index contributed by atoms with van der Waals surface area (Å²) in [5.41, 5.74) is 7.99. The highest BCUT2D eigenvalue weighted by Gasteiger charge is 2.00. The van der Waals surface area contributed by atoms with Gasteiger partial charge in [0.05, 0.1) is 0 Å². The summed E-state index contributed by atoms with van der Waals surface area (Å²) in [6.07, 6.45) is 0. The fraction of sp³-hybridized carbons (Fsp3) is 0.200. The second-order valence-electron chi connectivity index (χ2n) is 4.27. The number of halogens is 1. The normalized spacial score (nSPS) is 12.2. The monoisotopic (exact) mass is 261 g/mol. The van der Waals surface area contributed by atoms with Crippen LogP contribution in [-0.2, 0) is 6.61 Å². The zero-order chi connectivity index (χ0) is 13.0. The van der Waals surface area contributed by atoms with Crippen molar-refractivity contribution in [2.75, 3.05) is 0 Å². The summed E-state index contributed by atoms with van der Waals surface area (Å²) in [7, 11) is 0. The smallest absolute Gasteiger partial charge is 0.119 e. The zero-order valence-electron chi connectivity index (χ0n) is 10.3. The minimum Gasteiger partial charge on any atom is -0.489 e. The van der Waals surface area contributed by atoms with Gasteiger partial charge in [-0.15, -0.1) is 0 Å². The largest absolute Gasteiger partial charge is 0.489 e. The number of hydrogen-bond donors (Lipinski definition) is 1. The Bertz CT molecular complexity index is 491. The lowest BCUT2D eigenvalue weighted by atomic mass is 10.1. The molecule has 0 amide bonds. The van der Waals surface area contributed by atoms with Gasteiger partial charge in [-0.2, -0.15) is 0 Å². The van der Waals surface area contributed by atoms with Crippen LogP contribution in [0.5, 0.6) is 5.75 Å². The Morgan fingerprint density at radius 3 is 2.22 bits per heavy atom. The van der Waals surface area contributed by atoms with Crippen LogP contribution in [0.3, 0.4) is 0 Å². The van der Waals surface area contributed by atoms with Crippen LogP contribution < -0.4 is 10.5 Å². The lowest BCUT2D eigenvalue weighted by molar-refractivity contribution is 0.306. The summed E-state index contributed by atoms with van der Waals surface area (Å²) in [4.78, 5) is 0. The summed E-state index contributed by atoms with van der Waals surface area (Å²) in [5.74, 6) is 0.842. The maximum absolute atomic E-state index is 5.82. The second-order valence-corrected chi connectivity index (χ2v) is 4.71. The molecule has 2 nitrogen and oxygen atoms in total. The van der Waals surface area contributed by atoms with Gasteiger partial charge >= 0.3 is 0 Å². The van der Waals surface area contributed by atoms with E-state index >= 15 is 0 Å². The Hall–Kier alpha value is -1.51. The Morgan fingerprint density at radius 1 is 1.06 bits per heavy atom. The van der Waals surface area contributed by atoms with Crippen LogP contribution in [0.1, 0.15) is 24.1 Å². The summed E-state index contributed by atoms with van der Waals surface area (Å²) in [6.45, 7) is 2.50. The van der Waals surface area contributed by atoms with Crippen molar-refractivity contribution in [3.05, 3.63) is 64.7 Å². The lowest BCUT2D eigenvalue weighted by Crippen LogP contribution is -2.04. The average molecular weight is 262 g/mol. The van der Waals surface area contributed by atoms with Crippen LogP contribution in [-0.4, -0.2) is 0 Å². The van der Waals surface area contributed by atoms with Crippen molar-refractivity contribution >= 4 is 11.6 Å². The first-order valence-electron chi connectivity index (χ1n) is 5.88. The van der Waals surface area contributed by atoms with Gasteiger partial charge in [-0.25, -0.2) is 0 Å². The van der Waals surface area contributed by atoms with Gasteiger partial charge in [0, 0.05) is 11.1 Å². The zero-order valence-corrected chi connectivity index (χ0v) is 11.0. The predicted molar refractivity (Wildman–Crippen MR) is 74.8 cm³/mol. The number of benzene rings is 2. The average Bonchev–Trinajstić information content (AvgIpc) is 2.38. The van der Waals surface area contributed by atoms with Crippen molar-refractivity contribution in [1.29, 1.82) is 0 Å². The molecule has 94 valence electrons. The van der Waals surface area contributed by atoms with Gasteiger partial charge in [0.15, 0.2) is 0 Å². The topological polar surface area (TPSA) is 35.2 Å². The molecule has 2 N–H and O–H groups in total. The van der Waals surface area contributed by atoms with Crippen molar-refractivity contribution in [3.8, 4) is 5.75 Å². The third kappa shape index (κ3) is 3.49. The molecule has 2 aromatic rings. The number of nitrogens with two attached hydrogens (primary N) is 1. The van der Waals surface area contributed by atoms with E-state index in [0.29, 0.717) is 6.61 Å². The molecule has 0 bridgehead atoms. The standard InChI is InChI=1S/C15H16ClNO/c1-11(17)13-4-8-15(9-5-13)18-10-12-2-6-14(16)7-3-12/h2-9,11H,10,17H2,1H3/t11-/m0/s1. The van der Waals surface area contributed by atoms with Gasteiger partial charge in [0.25, 0.3) is 0 Å². The fourth-order valence-corrected chi connectivity index (χ4v) is 1.74. The Labute approximate surface area is 112 Å². The first-order valence-corrected chi connectivity index (χ1v) is 6.26. The molecule has 0 fully saturated rings. The van der Waals surface area contributed by atoms with E-state index < -0.39 is 0 Å². The van der Waals surface area contributed by atoms with Crippen molar-refractivity contribution in [1.82, 2.24) is 0 Å². The Kier molecular flexibility index (Phi) is 4.24. The van der Waals surface area contributed by atoms with Gasteiger partial charge < -0.3 is 10.5 Å². The summed E-state index contributed by atoms with van der Waals surface area (Å²) >= 11 is 5.82. The fourth-order valence-electron chi connectivity index (χ4n) is 1.61. The molecule has 0 unspecified atom stereocenters. The molecule has 0 aromatic heterocycles. The van der Waals surface area contributed by atoms with Crippen LogP contribution in [0.25, 0.3) is 0 Å². The highest BCUT2D eigenvalue weighted by atomic mass is 35.5. The molecule has 18 heavy (non-hydrogen) atoms. The van der Waals surface area contributed by atoms with Crippen LogP contribution in [0.2, 0.25) is 5.02 Å². The van der Waals surface area contributed by atoms with E-state index in [1.54, 1.807) is 0 Å². The van der Waals surface area contributed by atoms with E-state index in [4.69, 9.17) is 22.1 Å². The van der Waals surface area contributed by atoms with Crippen molar-refractivity contribution in [2.24, 2.45) is 5.73 Å². The third-order valence-electron chi connectivity index (χ3n) is 2.72. The van der Waals surface area contributed by atoms with Crippen LogP contribution in [0.4, 0.5) is 0 Å². The third-order valence-corrected chi connectivity index (χ3v) is 2.98. The highest BCUT2D eigenvalue weighted by molar-refractivity contribution is 6.30. The van der Waals surface area contributed by atoms with E-state index in [2.05, 4.69) is 0 Å². The molecule has 0 aliphatic rings. The van der Waals surface area contributed by atoms with E-state index in [-0.39, 0.29) is 6.04 Å². The first-order chi connectivity index (χ1) is 8.65. The molecule has 0 heterocycles. The van der Waals surface area contributed by atoms with Crippen molar-refractivity contribution in [3.63, 3.8) is 0 Å². The van der Waals surface area contributed by atoms with Gasteiger partial charge in [0.2, 0.25) is 0 Å². The number of ether oxygens (including phenoxy) is 1. The Balaban J connectivity index is 1.95. The van der Waals surface area contributed by atoms with Crippen LogP contribution in [0, 0.1) is 0 Å². The molecule has 0 aliphatic carbocycles. The molecule has 0 saturated heterocycles. The lowest BCUT2D eigenvalue weighted by Gasteiger charge is -2.09. The maximum atomic E-state index is 5.82. The van der Waals surface area contributed by atoms with Crippen LogP contribution >= 0.6 is 11.6 Å². The molecular formula is C15H16ClNO. The van der Waals surface area contributed by atoms with E-state index in [1.807, 2.05) is 55.5 Å². The SMILES string of the molecule is C[C@H](N)c1ccc(OCc2ccc(Cl)cc2)cc1. The van der Waals surface area contributed by atoms with E-state index in [0.717, 1.165) is 21.9 Å². The minimum absolute atomic E-state index is 0.0512. The summed E-state index contributed by atoms with van der Waals surface area (Å²) < 4.78 is 5.68. The number of hydrogen-bond acceptors (Lipinski definition) is 2. The minimum atomic E-state index is 0.0512. The van der Waals surface area contributed by atoms with Crippen molar-refractivity contribution in [2.45, 2.75) is 19.6 Å². The van der Waals surface area contributed by atoms with E-state index in [1.165, 1.54) is 0 Å². The van der Waals surface area contributed by atoms with Gasteiger partial charge in [-0.1, -0.05) is 35.9 Å². The molecule has 0 aliphatic heterocycles. The summed E-state index contributed by atoms with van der Waals surface area (Å²) in [5, 5.41) is 0.736. The molecule has 0 radical (unpaired) electrons.